The normalized spacial score (nSPS) is 14.7. The summed E-state index contributed by atoms with van der Waals surface area (Å²) in [4.78, 5) is 23.6. The van der Waals surface area contributed by atoms with E-state index in [2.05, 4.69) is 10.9 Å². The molecule has 0 spiro atoms. The quantitative estimate of drug-likeness (QED) is 0.447. The summed E-state index contributed by atoms with van der Waals surface area (Å²) >= 11 is 0. The van der Waals surface area contributed by atoms with Crippen LogP contribution in [0, 0.1) is 0 Å². The van der Waals surface area contributed by atoms with Gasteiger partial charge < -0.3 is 9.84 Å². The number of carbonyl (C=O) groups excluding carboxylic acids is 1. The molecule has 1 aliphatic carbocycles. The molecule has 0 bridgehead atoms. The summed E-state index contributed by atoms with van der Waals surface area (Å²) in [6.45, 7) is -0.369. The Hall–Kier alpha value is -3.64. The van der Waals surface area contributed by atoms with Crippen LogP contribution in [0.4, 0.5) is 0 Å². The molecule has 3 N–H and O–H groups in total. The molecule has 0 aliphatic heterocycles. The number of benzene rings is 3. The number of fused-ring (bicyclic) bond motifs is 1. The van der Waals surface area contributed by atoms with Crippen molar-refractivity contribution in [2.45, 2.75) is 31.2 Å². The van der Waals surface area contributed by atoms with Crippen LogP contribution >= 0.6 is 0 Å². The van der Waals surface area contributed by atoms with E-state index in [0.29, 0.717) is 12.2 Å². The van der Waals surface area contributed by atoms with Crippen molar-refractivity contribution in [3.8, 4) is 5.75 Å². The van der Waals surface area contributed by atoms with E-state index in [1.165, 1.54) is 0 Å². The third-order valence-electron chi connectivity index (χ3n) is 5.76. The zero-order chi connectivity index (χ0) is 22.3. The van der Waals surface area contributed by atoms with E-state index in [4.69, 9.17) is 9.84 Å². The van der Waals surface area contributed by atoms with Gasteiger partial charge in [-0.25, -0.2) is 10.2 Å². The maximum absolute atomic E-state index is 12.8. The summed E-state index contributed by atoms with van der Waals surface area (Å²) < 4.78 is 5.43. The van der Waals surface area contributed by atoms with Gasteiger partial charge in [0.25, 0.3) is 0 Å². The average molecular weight is 431 g/mol. The van der Waals surface area contributed by atoms with E-state index in [9.17, 15) is 9.59 Å². The summed E-state index contributed by atoms with van der Waals surface area (Å²) in [5.41, 5.74) is 10.3. The Morgan fingerprint density at radius 1 is 0.938 bits per heavy atom. The molecule has 4 rings (SSSR count). The predicted molar refractivity (Wildman–Crippen MR) is 121 cm³/mol. The zero-order valence-electron chi connectivity index (χ0n) is 17.7. The van der Waals surface area contributed by atoms with Crippen LogP contribution in [-0.2, 0) is 16.0 Å². The van der Waals surface area contributed by atoms with Crippen molar-refractivity contribution in [3.05, 3.63) is 101 Å². The molecule has 0 aromatic heterocycles. The maximum Gasteiger partial charge on any atom is 0.341 e. The molecule has 3 aromatic rings. The Balaban J connectivity index is 1.41. The molecule has 1 unspecified atom stereocenters. The van der Waals surface area contributed by atoms with Gasteiger partial charge in [0.05, 0.1) is 6.04 Å². The van der Waals surface area contributed by atoms with Gasteiger partial charge in [-0.05, 0) is 47.1 Å². The predicted octanol–water partition coefficient (Wildman–Crippen LogP) is 3.98. The molecular formula is C26H26N2O4. The highest BCUT2D eigenvalue weighted by Crippen LogP contribution is 2.40. The topological polar surface area (TPSA) is 87.7 Å². The van der Waals surface area contributed by atoms with Crippen molar-refractivity contribution < 1.29 is 19.4 Å². The number of hydrogen-bond donors (Lipinski definition) is 3. The molecule has 0 saturated carbocycles. The summed E-state index contributed by atoms with van der Waals surface area (Å²) in [6, 6.07) is 25.5. The fraction of sp³-hybridized carbons (Fsp3) is 0.231. The molecule has 0 heterocycles. The number of amides is 1. The first kappa shape index (κ1) is 21.6. The number of carbonyl (C=O) groups is 2. The van der Waals surface area contributed by atoms with Gasteiger partial charge in [-0.3, -0.25) is 10.2 Å². The molecule has 1 atom stereocenters. The average Bonchev–Trinajstić information content (AvgIpc) is 3.22. The van der Waals surface area contributed by atoms with Crippen molar-refractivity contribution in [2.24, 2.45) is 0 Å². The Labute approximate surface area is 187 Å². The van der Waals surface area contributed by atoms with E-state index in [1.807, 2.05) is 72.8 Å². The molecule has 0 radical (unpaired) electrons. The number of carboxylic acid groups (broad SMARTS) is 1. The second-order valence-corrected chi connectivity index (χ2v) is 7.89. The lowest BCUT2D eigenvalue weighted by atomic mass is 9.97. The molecule has 1 aliphatic rings. The molecule has 32 heavy (non-hydrogen) atoms. The van der Waals surface area contributed by atoms with Gasteiger partial charge >= 0.3 is 5.97 Å². The van der Waals surface area contributed by atoms with Crippen LogP contribution < -0.4 is 15.6 Å². The largest absolute Gasteiger partial charge is 0.482 e. The highest BCUT2D eigenvalue weighted by Gasteiger charge is 2.27. The fourth-order valence-corrected chi connectivity index (χ4v) is 4.27. The molecule has 164 valence electrons. The van der Waals surface area contributed by atoms with E-state index < -0.39 is 5.97 Å². The van der Waals surface area contributed by atoms with Crippen LogP contribution in [0.3, 0.4) is 0 Å². The van der Waals surface area contributed by atoms with Crippen LogP contribution in [0.1, 0.15) is 47.1 Å². The summed E-state index contributed by atoms with van der Waals surface area (Å²) in [5.74, 6) is -0.420. The number of hydrazine groups is 1. The maximum atomic E-state index is 12.8. The first-order chi connectivity index (χ1) is 15.6. The lowest BCUT2D eigenvalue weighted by Crippen LogP contribution is -2.40. The second-order valence-electron chi connectivity index (χ2n) is 7.89. The van der Waals surface area contributed by atoms with Gasteiger partial charge in [-0.1, -0.05) is 72.8 Å². The first-order valence-corrected chi connectivity index (χ1v) is 10.7. The third-order valence-corrected chi connectivity index (χ3v) is 5.76. The number of carboxylic acids is 1. The second kappa shape index (κ2) is 10.1. The molecular weight excluding hydrogens is 404 g/mol. The highest BCUT2D eigenvalue weighted by molar-refractivity contribution is 5.77. The van der Waals surface area contributed by atoms with Crippen molar-refractivity contribution in [3.63, 3.8) is 0 Å². The standard InChI is InChI=1S/C26H26N2O4/c29-24(16-20-14-15-22-21(20)12-7-13-23(22)32-17-25(30)31)27-28-26(18-8-3-1-4-9-18)19-10-5-2-6-11-19/h1-13,20,26,28H,14-17H2,(H,27,29)(H,30,31). The minimum absolute atomic E-state index is 0.0760. The van der Waals surface area contributed by atoms with Crippen LogP contribution in [0.15, 0.2) is 78.9 Å². The van der Waals surface area contributed by atoms with Gasteiger partial charge in [0.1, 0.15) is 5.75 Å². The summed E-state index contributed by atoms with van der Waals surface area (Å²) in [6.07, 6.45) is 1.95. The minimum Gasteiger partial charge on any atom is -0.482 e. The smallest absolute Gasteiger partial charge is 0.341 e. The number of nitrogens with one attached hydrogen (secondary N) is 2. The van der Waals surface area contributed by atoms with Crippen molar-refractivity contribution in [1.82, 2.24) is 10.9 Å². The number of rotatable bonds is 9. The minimum atomic E-state index is -1.01. The molecule has 6 nitrogen and oxygen atoms in total. The van der Waals surface area contributed by atoms with Gasteiger partial charge in [0, 0.05) is 6.42 Å². The monoisotopic (exact) mass is 430 g/mol. The molecule has 1 amide bonds. The SMILES string of the molecule is O=C(O)COc1cccc2c1CCC2CC(=O)NNC(c1ccccc1)c1ccccc1. The van der Waals surface area contributed by atoms with E-state index >= 15 is 0 Å². The van der Waals surface area contributed by atoms with E-state index in [0.717, 1.165) is 35.1 Å². The van der Waals surface area contributed by atoms with Crippen LogP contribution in [0.5, 0.6) is 5.75 Å². The molecule has 6 heteroatoms. The molecule has 0 fully saturated rings. The van der Waals surface area contributed by atoms with Crippen molar-refractivity contribution in [1.29, 1.82) is 0 Å². The Bertz CT molecular complexity index is 1030. The molecule has 0 saturated heterocycles. The first-order valence-electron chi connectivity index (χ1n) is 10.7. The fourth-order valence-electron chi connectivity index (χ4n) is 4.27. The van der Waals surface area contributed by atoms with Crippen LogP contribution in [-0.4, -0.2) is 23.6 Å². The molecule has 3 aromatic carbocycles. The third kappa shape index (κ3) is 5.15. The number of aliphatic carboxylic acids is 1. The number of hydrogen-bond acceptors (Lipinski definition) is 4. The zero-order valence-corrected chi connectivity index (χ0v) is 17.7. The van der Waals surface area contributed by atoms with Gasteiger partial charge in [-0.2, -0.15) is 0 Å². The lowest BCUT2D eigenvalue weighted by Gasteiger charge is -2.21. The van der Waals surface area contributed by atoms with Crippen molar-refractivity contribution >= 4 is 11.9 Å². The van der Waals surface area contributed by atoms with E-state index in [-0.39, 0.29) is 24.5 Å². The van der Waals surface area contributed by atoms with Crippen molar-refractivity contribution in [2.75, 3.05) is 6.61 Å². The summed E-state index contributed by atoms with van der Waals surface area (Å²) in [5, 5.41) is 8.88. The Morgan fingerprint density at radius 2 is 1.59 bits per heavy atom. The van der Waals surface area contributed by atoms with E-state index in [1.54, 1.807) is 6.07 Å². The highest BCUT2D eigenvalue weighted by atomic mass is 16.5. The van der Waals surface area contributed by atoms with Gasteiger partial charge in [0.2, 0.25) is 5.91 Å². The number of ether oxygens (including phenoxy) is 1. The van der Waals surface area contributed by atoms with Crippen LogP contribution in [0.25, 0.3) is 0 Å². The van der Waals surface area contributed by atoms with Gasteiger partial charge in [0.15, 0.2) is 6.61 Å². The van der Waals surface area contributed by atoms with Crippen LogP contribution in [0.2, 0.25) is 0 Å². The Morgan fingerprint density at radius 3 is 2.22 bits per heavy atom. The Kier molecular flexibility index (Phi) is 6.82. The lowest BCUT2D eigenvalue weighted by molar-refractivity contribution is -0.139. The summed E-state index contributed by atoms with van der Waals surface area (Å²) in [7, 11) is 0. The van der Waals surface area contributed by atoms with Gasteiger partial charge in [-0.15, -0.1) is 0 Å².